The summed E-state index contributed by atoms with van der Waals surface area (Å²) in [6.07, 6.45) is 5.37. The zero-order valence-corrected chi connectivity index (χ0v) is 15.5. The molecule has 0 N–H and O–H groups in total. The van der Waals surface area contributed by atoms with Crippen LogP contribution in [0.15, 0.2) is 23.7 Å². The van der Waals surface area contributed by atoms with Crippen LogP contribution in [0.25, 0.3) is 6.08 Å². The second-order valence-electron chi connectivity index (χ2n) is 5.52. The Morgan fingerprint density at radius 2 is 2.16 bits per heavy atom. The highest BCUT2D eigenvalue weighted by atomic mass is 32.1. The van der Waals surface area contributed by atoms with Crippen LogP contribution < -0.4 is 0 Å². The fourth-order valence-corrected chi connectivity index (χ4v) is 3.04. The number of nitrogens with zero attached hydrogens (tertiary/aromatic N) is 2. The first-order valence-corrected chi connectivity index (χ1v) is 8.84. The van der Waals surface area contributed by atoms with E-state index in [-0.39, 0.29) is 12.4 Å². The lowest BCUT2D eigenvalue weighted by molar-refractivity contribution is -0.136. The molecule has 25 heavy (non-hydrogen) atoms. The summed E-state index contributed by atoms with van der Waals surface area (Å²) in [5.74, 6) is -0.764. The van der Waals surface area contributed by atoms with Crippen molar-refractivity contribution in [3.8, 4) is 0 Å². The third kappa shape index (κ3) is 5.37. The SMILES string of the molecule is COCCCn1c(C)cc(C(=O)COC(=O)/C=C/c2nccs2)c1C. The molecule has 0 aliphatic heterocycles. The minimum Gasteiger partial charge on any atom is -0.454 e. The first-order chi connectivity index (χ1) is 12.0. The Morgan fingerprint density at radius 1 is 1.36 bits per heavy atom. The van der Waals surface area contributed by atoms with Crippen LogP contribution in [0.2, 0.25) is 0 Å². The van der Waals surface area contributed by atoms with E-state index >= 15 is 0 Å². The zero-order chi connectivity index (χ0) is 18.2. The second kappa shape index (κ2) is 9.29. The summed E-state index contributed by atoms with van der Waals surface area (Å²) in [6, 6.07) is 1.84. The lowest BCUT2D eigenvalue weighted by Gasteiger charge is -2.09. The van der Waals surface area contributed by atoms with E-state index in [0.717, 1.165) is 24.4 Å². The van der Waals surface area contributed by atoms with Crippen LogP contribution in [0, 0.1) is 13.8 Å². The van der Waals surface area contributed by atoms with Gasteiger partial charge in [0.05, 0.1) is 0 Å². The number of aryl methyl sites for hydroxylation is 1. The molecule has 134 valence electrons. The highest BCUT2D eigenvalue weighted by Crippen LogP contribution is 2.16. The van der Waals surface area contributed by atoms with Gasteiger partial charge >= 0.3 is 5.97 Å². The molecule has 2 aromatic heterocycles. The van der Waals surface area contributed by atoms with Gasteiger partial charge in [0.25, 0.3) is 0 Å². The van der Waals surface area contributed by atoms with Crippen molar-refractivity contribution in [3.63, 3.8) is 0 Å². The van der Waals surface area contributed by atoms with E-state index in [4.69, 9.17) is 9.47 Å². The maximum atomic E-state index is 12.3. The van der Waals surface area contributed by atoms with Gasteiger partial charge in [0.1, 0.15) is 5.01 Å². The Labute approximate surface area is 151 Å². The summed E-state index contributed by atoms with van der Waals surface area (Å²) in [5, 5.41) is 2.53. The molecule has 0 radical (unpaired) electrons. The van der Waals surface area contributed by atoms with E-state index < -0.39 is 5.97 Å². The van der Waals surface area contributed by atoms with Crippen molar-refractivity contribution in [2.75, 3.05) is 20.3 Å². The fraction of sp³-hybridized carbons (Fsp3) is 0.389. The van der Waals surface area contributed by atoms with Gasteiger partial charge in [-0.05, 0) is 32.4 Å². The standard InChI is InChI=1S/C18H22N2O4S/c1-13-11-15(14(2)20(13)8-4-9-23-3)16(21)12-24-18(22)6-5-17-19-7-10-25-17/h5-7,10-11H,4,8-9,12H2,1-3H3/b6-5+. The molecule has 0 fully saturated rings. The molecule has 7 heteroatoms. The lowest BCUT2D eigenvalue weighted by Crippen LogP contribution is -2.14. The Balaban J connectivity index is 1.92. The van der Waals surface area contributed by atoms with Crippen molar-refractivity contribution >= 4 is 29.2 Å². The number of ether oxygens (including phenoxy) is 2. The molecule has 0 saturated carbocycles. The number of methoxy groups -OCH3 is 1. The van der Waals surface area contributed by atoms with Crippen LogP contribution in [0.1, 0.15) is 33.2 Å². The Hall–Kier alpha value is -2.25. The van der Waals surface area contributed by atoms with Crippen molar-refractivity contribution < 1.29 is 19.1 Å². The summed E-state index contributed by atoms with van der Waals surface area (Å²) in [4.78, 5) is 28.1. The first-order valence-electron chi connectivity index (χ1n) is 7.96. The molecule has 0 aromatic carbocycles. The number of carbonyl (C=O) groups is 2. The van der Waals surface area contributed by atoms with Crippen LogP contribution in [0.4, 0.5) is 0 Å². The topological polar surface area (TPSA) is 70.4 Å². The van der Waals surface area contributed by atoms with Gasteiger partial charge in [-0.15, -0.1) is 11.3 Å². The van der Waals surface area contributed by atoms with Crippen LogP contribution >= 0.6 is 11.3 Å². The van der Waals surface area contributed by atoms with Crippen molar-refractivity contribution in [2.24, 2.45) is 0 Å². The maximum absolute atomic E-state index is 12.3. The van der Waals surface area contributed by atoms with Crippen molar-refractivity contribution in [2.45, 2.75) is 26.8 Å². The van der Waals surface area contributed by atoms with E-state index in [1.54, 1.807) is 19.4 Å². The number of hydrogen-bond donors (Lipinski definition) is 0. The number of Topliss-reactive ketones (excluding diaryl/α,β-unsaturated/α-hetero) is 1. The van der Waals surface area contributed by atoms with Crippen molar-refractivity contribution in [1.82, 2.24) is 9.55 Å². The third-order valence-electron chi connectivity index (χ3n) is 3.76. The van der Waals surface area contributed by atoms with Crippen molar-refractivity contribution in [3.05, 3.63) is 45.7 Å². The molecule has 0 aliphatic rings. The summed E-state index contributed by atoms with van der Waals surface area (Å²) < 4.78 is 12.2. The van der Waals surface area contributed by atoms with Gasteiger partial charge in [0.15, 0.2) is 6.61 Å². The van der Waals surface area contributed by atoms with Gasteiger partial charge in [-0.25, -0.2) is 9.78 Å². The minimum atomic E-state index is -0.558. The summed E-state index contributed by atoms with van der Waals surface area (Å²) in [6.45, 7) is 5.04. The summed E-state index contributed by atoms with van der Waals surface area (Å²) in [7, 11) is 1.67. The normalized spacial score (nSPS) is 11.2. The Kier molecular flexibility index (Phi) is 7.09. The van der Waals surface area contributed by atoms with E-state index in [2.05, 4.69) is 9.55 Å². The van der Waals surface area contributed by atoms with E-state index in [1.165, 1.54) is 17.4 Å². The van der Waals surface area contributed by atoms with Gasteiger partial charge in [-0.1, -0.05) is 0 Å². The zero-order valence-electron chi connectivity index (χ0n) is 14.7. The smallest absolute Gasteiger partial charge is 0.331 e. The van der Waals surface area contributed by atoms with E-state index in [9.17, 15) is 9.59 Å². The predicted molar refractivity (Wildman–Crippen MR) is 96.8 cm³/mol. The highest BCUT2D eigenvalue weighted by molar-refractivity contribution is 7.10. The quantitative estimate of drug-likeness (QED) is 0.297. The fourth-order valence-electron chi connectivity index (χ4n) is 2.51. The van der Waals surface area contributed by atoms with Gasteiger partial charge in [-0.3, -0.25) is 4.79 Å². The summed E-state index contributed by atoms with van der Waals surface area (Å²) in [5.41, 5.74) is 2.48. The van der Waals surface area contributed by atoms with Crippen LogP contribution in [0.3, 0.4) is 0 Å². The lowest BCUT2D eigenvalue weighted by atomic mass is 10.1. The minimum absolute atomic E-state index is 0.206. The number of ketones is 1. The number of esters is 1. The van der Waals surface area contributed by atoms with Crippen LogP contribution in [-0.2, 0) is 20.8 Å². The molecule has 0 atom stereocenters. The molecule has 2 heterocycles. The van der Waals surface area contributed by atoms with Crippen molar-refractivity contribution in [1.29, 1.82) is 0 Å². The molecule has 0 saturated heterocycles. The van der Waals surface area contributed by atoms with Gasteiger partial charge < -0.3 is 14.0 Å². The molecule has 2 rings (SSSR count). The van der Waals surface area contributed by atoms with Gasteiger partial charge in [-0.2, -0.15) is 0 Å². The molecule has 0 unspecified atom stereocenters. The monoisotopic (exact) mass is 362 g/mol. The number of hydrogen-bond acceptors (Lipinski definition) is 6. The van der Waals surface area contributed by atoms with Gasteiger partial charge in [0, 0.05) is 54.9 Å². The Bertz CT molecular complexity index is 747. The average Bonchev–Trinajstić information content (AvgIpc) is 3.21. The molecule has 0 spiro atoms. The average molecular weight is 362 g/mol. The largest absolute Gasteiger partial charge is 0.454 e. The maximum Gasteiger partial charge on any atom is 0.331 e. The van der Waals surface area contributed by atoms with Crippen LogP contribution in [0.5, 0.6) is 0 Å². The molecule has 2 aromatic rings. The van der Waals surface area contributed by atoms with E-state index in [0.29, 0.717) is 17.2 Å². The highest BCUT2D eigenvalue weighted by Gasteiger charge is 2.16. The third-order valence-corrected chi connectivity index (χ3v) is 4.50. The molecule has 6 nitrogen and oxygen atoms in total. The van der Waals surface area contributed by atoms with Gasteiger partial charge in [0.2, 0.25) is 5.78 Å². The molecule has 0 bridgehead atoms. The number of aromatic nitrogens is 2. The molecular formula is C18H22N2O4S. The molecule has 0 aliphatic carbocycles. The summed E-state index contributed by atoms with van der Waals surface area (Å²) >= 11 is 1.42. The molecule has 0 amide bonds. The first kappa shape index (κ1) is 19.1. The number of rotatable bonds is 9. The number of carbonyl (C=O) groups excluding carboxylic acids is 2. The van der Waals surface area contributed by atoms with Crippen LogP contribution in [-0.4, -0.2) is 41.6 Å². The predicted octanol–water partition coefficient (Wildman–Crippen LogP) is 3.04. The molecular weight excluding hydrogens is 340 g/mol. The Morgan fingerprint density at radius 3 is 2.84 bits per heavy atom. The number of thiazole rings is 1. The second-order valence-corrected chi connectivity index (χ2v) is 6.44. The van der Waals surface area contributed by atoms with E-state index in [1.807, 2.05) is 25.3 Å².